The average molecular weight is 394 g/mol. The Hall–Kier alpha value is -2.47. The van der Waals surface area contributed by atoms with Crippen molar-refractivity contribution in [3.63, 3.8) is 0 Å². The van der Waals surface area contributed by atoms with E-state index in [-0.39, 0.29) is 12.1 Å². The van der Waals surface area contributed by atoms with Gasteiger partial charge in [0.05, 0.1) is 13.2 Å². The van der Waals surface area contributed by atoms with Gasteiger partial charge < -0.3 is 9.47 Å². The quantitative estimate of drug-likeness (QED) is 0.417. The maximum Gasteiger partial charge on any atom is 0.330 e. The summed E-state index contributed by atoms with van der Waals surface area (Å²) >= 11 is 0. The summed E-state index contributed by atoms with van der Waals surface area (Å²) in [5.41, 5.74) is 2.94. The summed E-state index contributed by atoms with van der Waals surface area (Å²) in [6.07, 6.45) is 3.96. The Bertz CT molecular complexity index is 920. The van der Waals surface area contributed by atoms with E-state index in [0.717, 1.165) is 40.3 Å². The van der Waals surface area contributed by atoms with Crippen molar-refractivity contribution in [2.45, 2.75) is 44.5 Å². The van der Waals surface area contributed by atoms with Crippen molar-refractivity contribution in [3.8, 4) is 0 Å². The summed E-state index contributed by atoms with van der Waals surface area (Å²) in [6.45, 7) is 6.82. The largest absolute Gasteiger partial charge is 0.463 e. The van der Waals surface area contributed by atoms with Crippen molar-refractivity contribution < 1.29 is 24.0 Å². The van der Waals surface area contributed by atoms with E-state index in [2.05, 4.69) is 24.8 Å². The molecule has 29 heavy (non-hydrogen) atoms. The van der Waals surface area contributed by atoms with Crippen LogP contribution in [0.1, 0.15) is 38.2 Å². The molecular formula is C24H26O5. The number of fused-ring (bicyclic) bond motifs is 1. The molecule has 0 N–H and O–H groups in total. The molecule has 1 heterocycles. The fourth-order valence-corrected chi connectivity index (χ4v) is 3.94. The van der Waals surface area contributed by atoms with E-state index in [0.29, 0.717) is 26.1 Å². The van der Waals surface area contributed by atoms with Crippen LogP contribution in [-0.2, 0) is 24.0 Å². The van der Waals surface area contributed by atoms with Crippen LogP contribution in [0.3, 0.4) is 0 Å². The van der Waals surface area contributed by atoms with Gasteiger partial charge in [-0.2, -0.15) is 0 Å². The van der Waals surface area contributed by atoms with Gasteiger partial charge in [0.1, 0.15) is 6.10 Å². The lowest BCUT2D eigenvalue weighted by atomic mass is 9.89. The van der Waals surface area contributed by atoms with Crippen LogP contribution in [0.15, 0.2) is 60.7 Å². The maximum absolute atomic E-state index is 11.6. The molecule has 0 radical (unpaired) electrons. The predicted molar refractivity (Wildman–Crippen MR) is 111 cm³/mol. The van der Waals surface area contributed by atoms with Crippen LogP contribution in [0, 0.1) is 0 Å². The SMILES string of the molecule is C=C(c1cccc2ccccc12)C1COC2(CCC(=CC(=O)OCC)CC2)OO1. The number of allylic oxidation sites excluding steroid dienone is 1. The fourth-order valence-electron chi connectivity index (χ4n) is 3.94. The number of carbonyl (C=O) groups is 1. The van der Waals surface area contributed by atoms with Gasteiger partial charge in [0.2, 0.25) is 5.79 Å². The van der Waals surface area contributed by atoms with Crippen molar-refractivity contribution in [3.05, 3.63) is 66.3 Å². The van der Waals surface area contributed by atoms with Crippen molar-refractivity contribution in [2.24, 2.45) is 0 Å². The van der Waals surface area contributed by atoms with Crippen LogP contribution in [0.4, 0.5) is 0 Å². The van der Waals surface area contributed by atoms with E-state index in [1.54, 1.807) is 13.0 Å². The van der Waals surface area contributed by atoms with Crippen molar-refractivity contribution in [2.75, 3.05) is 13.2 Å². The molecule has 1 unspecified atom stereocenters. The Balaban J connectivity index is 1.38. The molecule has 1 saturated carbocycles. The Labute approximate surface area is 170 Å². The molecular weight excluding hydrogens is 368 g/mol. The van der Waals surface area contributed by atoms with Gasteiger partial charge in [0, 0.05) is 18.9 Å². The van der Waals surface area contributed by atoms with Crippen LogP contribution >= 0.6 is 0 Å². The highest BCUT2D eigenvalue weighted by atomic mass is 17.2. The first-order valence-electron chi connectivity index (χ1n) is 10.1. The van der Waals surface area contributed by atoms with Gasteiger partial charge >= 0.3 is 5.97 Å². The minimum Gasteiger partial charge on any atom is -0.463 e. The summed E-state index contributed by atoms with van der Waals surface area (Å²) in [7, 11) is 0. The second-order valence-corrected chi connectivity index (χ2v) is 7.50. The zero-order valence-electron chi connectivity index (χ0n) is 16.7. The van der Waals surface area contributed by atoms with Gasteiger partial charge in [0.25, 0.3) is 0 Å². The third kappa shape index (κ3) is 4.27. The number of benzene rings is 2. The molecule has 0 amide bonds. The van der Waals surface area contributed by atoms with Gasteiger partial charge in [-0.05, 0) is 41.7 Å². The molecule has 2 fully saturated rings. The standard InChI is InChI=1S/C24H26O5/c1-3-26-23(25)15-18-11-13-24(14-12-18)27-16-22(28-29-24)17(2)20-10-6-8-19-7-4-5-9-21(19)20/h4-10,15,22H,2-3,11-14,16H2,1H3. The molecule has 5 heteroatoms. The summed E-state index contributed by atoms with van der Waals surface area (Å²) in [5.74, 6) is -1.03. The van der Waals surface area contributed by atoms with Crippen LogP contribution in [0.5, 0.6) is 0 Å². The van der Waals surface area contributed by atoms with Crippen LogP contribution in [0.25, 0.3) is 16.3 Å². The lowest BCUT2D eigenvalue weighted by Gasteiger charge is -2.41. The van der Waals surface area contributed by atoms with Gasteiger partial charge in [-0.25, -0.2) is 14.6 Å². The Morgan fingerprint density at radius 1 is 1.21 bits per heavy atom. The Morgan fingerprint density at radius 3 is 2.69 bits per heavy atom. The Kier molecular flexibility index (Phi) is 5.81. The smallest absolute Gasteiger partial charge is 0.330 e. The number of hydrogen-bond donors (Lipinski definition) is 0. The normalized spacial score (nSPS) is 24.4. The minimum atomic E-state index is -0.748. The van der Waals surface area contributed by atoms with Gasteiger partial charge in [-0.3, -0.25) is 0 Å². The molecule has 2 aromatic rings. The van der Waals surface area contributed by atoms with Crippen molar-refractivity contribution in [1.82, 2.24) is 0 Å². The fraction of sp³-hybridized carbons (Fsp3) is 0.375. The summed E-state index contributed by atoms with van der Waals surface area (Å²) < 4.78 is 11.1. The lowest BCUT2D eigenvalue weighted by Crippen LogP contribution is -2.46. The van der Waals surface area contributed by atoms with E-state index < -0.39 is 5.79 Å². The second-order valence-electron chi connectivity index (χ2n) is 7.50. The third-order valence-corrected chi connectivity index (χ3v) is 5.60. The molecule has 1 atom stereocenters. The molecule has 1 spiro atoms. The van der Waals surface area contributed by atoms with E-state index in [4.69, 9.17) is 19.2 Å². The van der Waals surface area contributed by atoms with E-state index in [1.807, 2.05) is 24.3 Å². The maximum atomic E-state index is 11.6. The van der Waals surface area contributed by atoms with Gasteiger partial charge in [0.15, 0.2) is 0 Å². The zero-order chi connectivity index (χ0) is 20.3. The van der Waals surface area contributed by atoms with Crippen molar-refractivity contribution >= 4 is 22.3 Å². The van der Waals surface area contributed by atoms with E-state index in [1.165, 1.54) is 0 Å². The summed E-state index contributed by atoms with van der Waals surface area (Å²) in [4.78, 5) is 23.1. The molecule has 2 aliphatic rings. The third-order valence-electron chi connectivity index (χ3n) is 5.60. The second kappa shape index (κ2) is 8.49. The van der Waals surface area contributed by atoms with E-state index >= 15 is 0 Å². The molecule has 1 aliphatic heterocycles. The highest BCUT2D eigenvalue weighted by molar-refractivity contribution is 5.94. The minimum absolute atomic E-state index is 0.286. The zero-order valence-corrected chi connectivity index (χ0v) is 16.7. The van der Waals surface area contributed by atoms with Gasteiger partial charge in [-0.15, -0.1) is 0 Å². The molecule has 152 valence electrons. The first-order chi connectivity index (χ1) is 14.1. The molecule has 1 aliphatic carbocycles. The van der Waals surface area contributed by atoms with Crippen LogP contribution in [0.2, 0.25) is 0 Å². The topological polar surface area (TPSA) is 54.0 Å². The summed E-state index contributed by atoms with van der Waals surface area (Å²) in [6, 6.07) is 14.4. The molecule has 0 bridgehead atoms. The monoisotopic (exact) mass is 394 g/mol. The average Bonchev–Trinajstić information content (AvgIpc) is 2.75. The molecule has 2 aromatic carbocycles. The molecule has 5 nitrogen and oxygen atoms in total. The number of carbonyl (C=O) groups excluding carboxylic acids is 1. The highest BCUT2D eigenvalue weighted by Crippen LogP contribution is 2.40. The highest BCUT2D eigenvalue weighted by Gasteiger charge is 2.42. The Morgan fingerprint density at radius 2 is 1.97 bits per heavy atom. The first-order valence-corrected chi connectivity index (χ1v) is 10.1. The van der Waals surface area contributed by atoms with Gasteiger partial charge in [-0.1, -0.05) is 54.6 Å². The summed E-state index contributed by atoms with van der Waals surface area (Å²) in [5, 5.41) is 2.30. The van der Waals surface area contributed by atoms with Crippen LogP contribution in [-0.4, -0.2) is 31.1 Å². The lowest BCUT2D eigenvalue weighted by molar-refractivity contribution is -0.482. The molecule has 4 rings (SSSR count). The van der Waals surface area contributed by atoms with Crippen LogP contribution < -0.4 is 0 Å². The number of hydrogen-bond acceptors (Lipinski definition) is 5. The number of esters is 1. The van der Waals surface area contributed by atoms with Crippen molar-refractivity contribution in [1.29, 1.82) is 0 Å². The predicted octanol–water partition coefficient (Wildman–Crippen LogP) is 4.96. The molecule has 0 aromatic heterocycles. The first kappa shape index (κ1) is 19.8. The van der Waals surface area contributed by atoms with E-state index in [9.17, 15) is 4.79 Å². The molecule has 1 saturated heterocycles. The number of rotatable bonds is 4. The number of ether oxygens (including phenoxy) is 2.